The van der Waals surface area contributed by atoms with Crippen LogP contribution in [0.25, 0.3) is 0 Å². The Morgan fingerprint density at radius 2 is 2.29 bits per heavy atom. The number of carbonyl (C=O) groups is 1. The van der Waals surface area contributed by atoms with Gasteiger partial charge in [0, 0.05) is 6.54 Å². The maximum absolute atomic E-state index is 11.6. The molecule has 0 spiro atoms. The fraction of sp³-hybridized carbons (Fsp3) is 0.571. The van der Waals surface area contributed by atoms with Crippen LogP contribution >= 0.6 is 12.4 Å². The number of aromatic nitrogens is 4. The highest BCUT2D eigenvalue weighted by atomic mass is 35.5. The van der Waals surface area contributed by atoms with Gasteiger partial charge in [0.25, 0.3) is 11.9 Å². The van der Waals surface area contributed by atoms with Gasteiger partial charge in [0.2, 0.25) is 5.91 Å². The quantitative estimate of drug-likeness (QED) is 0.121. The average Bonchev–Trinajstić information content (AvgIpc) is 2.86. The van der Waals surface area contributed by atoms with E-state index < -0.39 is 17.0 Å². The number of hydrazine groups is 1. The third kappa shape index (κ3) is 7.58. The van der Waals surface area contributed by atoms with Gasteiger partial charge in [0.1, 0.15) is 0 Å². The first-order chi connectivity index (χ1) is 9.49. The minimum absolute atomic E-state index is 0. The Kier molecular flexibility index (Phi) is 8.24. The maximum Gasteiger partial charge on any atom is 0.269 e. The molecule has 7 N–H and O–H groups in total. The van der Waals surface area contributed by atoms with Crippen molar-refractivity contribution in [2.45, 2.75) is 18.9 Å². The van der Waals surface area contributed by atoms with E-state index in [2.05, 4.69) is 30.9 Å². The van der Waals surface area contributed by atoms with Crippen molar-refractivity contribution < 1.29 is 9.83 Å². The van der Waals surface area contributed by atoms with Crippen LogP contribution in [-0.4, -0.2) is 50.1 Å². The molecule has 0 bridgehead atoms. The number of aliphatic imine (C=N–C) groups is 1. The topological polar surface area (TPSA) is 203 Å². The van der Waals surface area contributed by atoms with Crippen LogP contribution in [0.4, 0.5) is 5.95 Å². The molecule has 0 aliphatic heterocycles. The number of carbonyl (C=O) groups excluding carboxylic acids is 1. The molecule has 1 rings (SSSR count). The lowest BCUT2D eigenvalue weighted by molar-refractivity contribution is -0.525. The smallest absolute Gasteiger partial charge is 0.269 e. The standard InChI is InChI=1S/C7H14N10O3.ClH/c8-4(5(18)11-7-12-15-16-13-7)2-1-3-10-6(9)14-17(19)20;/h4H,1-3,8H2,(H3,9,10,14)(H2,11,12,13,15,16,18);1H/t4-;/m0./s1. The van der Waals surface area contributed by atoms with Gasteiger partial charge < -0.3 is 11.5 Å². The van der Waals surface area contributed by atoms with Crippen molar-refractivity contribution in [1.29, 1.82) is 0 Å². The molecule has 1 heterocycles. The van der Waals surface area contributed by atoms with Gasteiger partial charge in [-0.05, 0) is 18.1 Å². The molecule has 1 aromatic heterocycles. The number of aromatic amines is 1. The van der Waals surface area contributed by atoms with Crippen molar-refractivity contribution in [2.24, 2.45) is 16.5 Å². The molecule has 118 valence electrons. The van der Waals surface area contributed by atoms with Gasteiger partial charge in [-0.2, -0.15) is 5.21 Å². The predicted molar refractivity (Wildman–Crippen MR) is 73.9 cm³/mol. The number of nitrogens with zero attached hydrogens (tertiary/aromatic N) is 5. The number of nitrogens with one attached hydrogen (secondary N) is 3. The van der Waals surface area contributed by atoms with E-state index >= 15 is 0 Å². The molecule has 13 nitrogen and oxygen atoms in total. The number of tetrazole rings is 1. The lowest BCUT2D eigenvalue weighted by Gasteiger charge is -2.08. The fourth-order valence-electron chi connectivity index (χ4n) is 1.19. The number of H-pyrrole nitrogens is 1. The molecule has 0 aliphatic carbocycles. The summed E-state index contributed by atoms with van der Waals surface area (Å²) >= 11 is 0. The third-order valence-corrected chi connectivity index (χ3v) is 2.08. The Morgan fingerprint density at radius 1 is 1.57 bits per heavy atom. The summed E-state index contributed by atoms with van der Waals surface area (Å²) in [5.41, 5.74) is 12.5. The van der Waals surface area contributed by atoms with Crippen molar-refractivity contribution in [3.8, 4) is 0 Å². The highest BCUT2D eigenvalue weighted by Crippen LogP contribution is 1.99. The van der Waals surface area contributed by atoms with Crippen LogP contribution in [-0.2, 0) is 4.79 Å². The van der Waals surface area contributed by atoms with Gasteiger partial charge in [-0.25, -0.2) is 15.1 Å². The zero-order chi connectivity index (χ0) is 15.0. The van der Waals surface area contributed by atoms with Crippen LogP contribution in [0.3, 0.4) is 0 Å². The van der Waals surface area contributed by atoms with E-state index in [0.29, 0.717) is 12.8 Å². The van der Waals surface area contributed by atoms with Crippen molar-refractivity contribution >= 4 is 30.2 Å². The van der Waals surface area contributed by atoms with Gasteiger partial charge in [-0.1, -0.05) is 10.5 Å². The van der Waals surface area contributed by atoms with E-state index in [9.17, 15) is 14.9 Å². The number of hydrogen-bond donors (Lipinski definition) is 5. The molecule has 1 atom stereocenters. The first kappa shape index (κ1) is 18.5. The van der Waals surface area contributed by atoms with Gasteiger partial charge in [-0.15, -0.1) is 17.5 Å². The second-order valence-electron chi connectivity index (χ2n) is 3.61. The van der Waals surface area contributed by atoms with E-state index in [4.69, 9.17) is 11.5 Å². The highest BCUT2D eigenvalue weighted by molar-refractivity contribution is 5.93. The van der Waals surface area contributed by atoms with Crippen LogP contribution in [0.5, 0.6) is 0 Å². The summed E-state index contributed by atoms with van der Waals surface area (Å²) in [6, 6.07) is -0.784. The van der Waals surface area contributed by atoms with Crippen LogP contribution in [0.15, 0.2) is 4.99 Å². The number of hydrogen-bond acceptors (Lipinski definition) is 8. The molecule has 1 amide bonds. The first-order valence-corrected chi connectivity index (χ1v) is 5.50. The van der Waals surface area contributed by atoms with Crippen LogP contribution in [0.1, 0.15) is 12.8 Å². The molecule has 0 saturated carbocycles. The average molecular weight is 323 g/mol. The largest absolute Gasteiger partial charge is 0.365 e. The zero-order valence-corrected chi connectivity index (χ0v) is 11.5. The molecular formula is C7H15ClN10O3. The second kappa shape index (κ2) is 9.38. The summed E-state index contributed by atoms with van der Waals surface area (Å²) in [4.78, 5) is 25.3. The van der Waals surface area contributed by atoms with Crippen LogP contribution < -0.4 is 22.2 Å². The van der Waals surface area contributed by atoms with E-state index in [1.54, 1.807) is 5.43 Å². The van der Waals surface area contributed by atoms with Crippen molar-refractivity contribution in [2.75, 3.05) is 11.9 Å². The molecule has 14 heteroatoms. The monoisotopic (exact) mass is 322 g/mol. The molecule has 1 aromatic rings. The number of halogens is 1. The minimum Gasteiger partial charge on any atom is -0.365 e. The Labute approximate surface area is 124 Å². The van der Waals surface area contributed by atoms with E-state index in [0.717, 1.165) is 0 Å². The van der Waals surface area contributed by atoms with Gasteiger partial charge in [0.05, 0.1) is 6.04 Å². The number of nitrogens with two attached hydrogens (primary N) is 2. The Hall–Kier alpha value is -2.54. The van der Waals surface area contributed by atoms with Gasteiger partial charge in [-0.3, -0.25) is 10.1 Å². The summed E-state index contributed by atoms with van der Waals surface area (Å²) in [5.74, 6) is -0.741. The third-order valence-electron chi connectivity index (χ3n) is 2.08. The molecule has 21 heavy (non-hydrogen) atoms. The normalized spacial score (nSPS) is 12.1. The number of rotatable bonds is 7. The summed E-state index contributed by atoms with van der Waals surface area (Å²) in [6.45, 7) is 0.204. The lowest BCUT2D eigenvalue weighted by Crippen LogP contribution is -2.37. The number of amides is 1. The van der Waals surface area contributed by atoms with E-state index in [-0.39, 0.29) is 30.9 Å². The Bertz CT molecular complexity index is 477. The second-order valence-corrected chi connectivity index (χ2v) is 3.61. The van der Waals surface area contributed by atoms with Gasteiger partial charge >= 0.3 is 0 Å². The number of guanidine groups is 1. The first-order valence-electron chi connectivity index (χ1n) is 5.50. The molecule has 0 aliphatic rings. The van der Waals surface area contributed by atoms with E-state index in [1.807, 2.05) is 0 Å². The highest BCUT2D eigenvalue weighted by Gasteiger charge is 2.14. The maximum atomic E-state index is 11.6. The summed E-state index contributed by atoms with van der Waals surface area (Å²) < 4.78 is 0. The molecule has 0 saturated heterocycles. The minimum atomic E-state index is -0.817. The summed E-state index contributed by atoms with van der Waals surface area (Å²) in [7, 11) is 0. The number of anilines is 1. The molecular weight excluding hydrogens is 308 g/mol. The molecule has 0 unspecified atom stereocenters. The number of nitro groups is 1. The predicted octanol–water partition coefficient (Wildman–Crippen LogP) is -2.24. The summed E-state index contributed by atoms with van der Waals surface area (Å²) in [5, 5.41) is 24.1. The molecule has 0 radical (unpaired) electrons. The van der Waals surface area contributed by atoms with Crippen molar-refractivity contribution in [3.63, 3.8) is 0 Å². The molecule has 0 fully saturated rings. The fourth-order valence-corrected chi connectivity index (χ4v) is 1.19. The molecule has 0 aromatic carbocycles. The SMILES string of the molecule is Cl.NC(=NCCC[C@H](N)C(=O)Nc1nn[nH]n1)N[N+](=O)[O-]. The summed E-state index contributed by atoms with van der Waals surface area (Å²) in [6.07, 6.45) is 0.750. The van der Waals surface area contributed by atoms with Crippen LogP contribution in [0, 0.1) is 10.1 Å². The Morgan fingerprint density at radius 3 is 2.86 bits per heavy atom. The van der Waals surface area contributed by atoms with E-state index in [1.165, 1.54) is 0 Å². The zero-order valence-electron chi connectivity index (χ0n) is 10.7. The Balaban J connectivity index is 0.00000400. The lowest BCUT2D eigenvalue weighted by atomic mass is 10.1. The van der Waals surface area contributed by atoms with Crippen molar-refractivity contribution in [3.05, 3.63) is 10.1 Å². The van der Waals surface area contributed by atoms with Gasteiger partial charge in [0.15, 0.2) is 5.03 Å². The van der Waals surface area contributed by atoms with Crippen LogP contribution in [0.2, 0.25) is 0 Å². The van der Waals surface area contributed by atoms with Crippen molar-refractivity contribution in [1.82, 2.24) is 26.0 Å².